The van der Waals surface area contributed by atoms with E-state index in [4.69, 9.17) is 0 Å². The van der Waals surface area contributed by atoms with Crippen molar-refractivity contribution in [1.29, 1.82) is 0 Å². The van der Waals surface area contributed by atoms with E-state index >= 15 is 0 Å². The summed E-state index contributed by atoms with van der Waals surface area (Å²) in [6.45, 7) is 6.53. The molecule has 1 aromatic carbocycles. The second-order valence-electron chi connectivity index (χ2n) is 4.63. The van der Waals surface area contributed by atoms with E-state index in [0.29, 0.717) is 5.92 Å². The molecule has 1 atom stereocenters. The van der Waals surface area contributed by atoms with E-state index in [0.717, 1.165) is 36.0 Å². The SMILES string of the molecule is CCCNCC(C)CCc1cc(F)cc(Br)c1. The van der Waals surface area contributed by atoms with Gasteiger partial charge in [-0.15, -0.1) is 0 Å². The topological polar surface area (TPSA) is 12.0 Å². The van der Waals surface area contributed by atoms with Gasteiger partial charge in [0, 0.05) is 4.47 Å². The van der Waals surface area contributed by atoms with Crippen LogP contribution < -0.4 is 5.32 Å². The number of benzene rings is 1. The molecule has 0 amide bonds. The smallest absolute Gasteiger partial charge is 0.124 e. The maximum Gasteiger partial charge on any atom is 0.124 e. The number of halogens is 2. The fourth-order valence-electron chi connectivity index (χ4n) is 1.80. The Labute approximate surface area is 112 Å². The zero-order valence-corrected chi connectivity index (χ0v) is 12.2. The number of rotatable bonds is 7. The summed E-state index contributed by atoms with van der Waals surface area (Å²) < 4.78 is 14.0. The molecule has 96 valence electrons. The van der Waals surface area contributed by atoms with Crippen molar-refractivity contribution in [2.24, 2.45) is 5.92 Å². The van der Waals surface area contributed by atoms with Crippen LogP contribution in [0.2, 0.25) is 0 Å². The molecule has 1 rings (SSSR count). The van der Waals surface area contributed by atoms with Gasteiger partial charge in [-0.3, -0.25) is 0 Å². The first-order valence-corrected chi connectivity index (χ1v) is 7.06. The van der Waals surface area contributed by atoms with Gasteiger partial charge in [-0.25, -0.2) is 4.39 Å². The van der Waals surface area contributed by atoms with Gasteiger partial charge in [-0.1, -0.05) is 29.8 Å². The summed E-state index contributed by atoms with van der Waals surface area (Å²) in [6.07, 6.45) is 3.20. The maximum absolute atomic E-state index is 13.2. The summed E-state index contributed by atoms with van der Waals surface area (Å²) in [5.41, 5.74) is 1.07. The first kappa shape index (κ1) is 14.7. The van der Waals surface area contributed by atoms with Gasteiger partial charge in [0.1, 0.15) is 5.82 Å². The molecule has 1 nitrogen and oxygen atoms in total. The van der Waals surface area contributed by atoms with Gasteiger partial charge in [-0.2, -0.15) is 0 Å². The van der Waals surface area contributed by atoms with Gasteiger partial charge in [0.15, 0.2) is 0 Å². The quantitative estimate of drug-likeness (QED) is 0.746. The van der Waals surface area contributed by atoms with Crippen LogP contribution in [-0.4, -0.2) is 13.1 Å². The minimum absolute atomic E-state index is 0.161. The monoisotopic (exact) mass is 301 g/mol. The Morgan fingerprint density at radius 2 is 2.12 bits per heavy atom. The molecule has 0 aromatic heterocycles. The zero-order valence-electron chi connectivity index (χ0n) is 10.6. The Morgan fingerprint density at radius 1 is 1.35 bits per heavy atom. The lowest BCUT2D eigenvalue weighted by atomic mass is 10.0. The third-order valence-corrected chi connectivity index (χ3v) is 3.23. The summed E-state index contributed by atoms with van der Waals surface area (Å²) in [5, 5.41) is 3.41. The Kier molecular flexibility index (Phi) is 6.75. The average molecular weight is 302 g/mol. The molecule has 1 unspecified atom stereocenters. The van der Waals surface area contributed by atoms with Crippen molar-refractivity contribution in [3.8, 4) is 0 Å². The van der Waals surface area contributed by atoms with Gasteiger partial charge in [-0.05, 0) is 62.0 Å². The Hall–Kier alpha value is -0.410. The van der Waals surface area contributed by atoms with Gasteiger partial charge < -0.3 is 5.32 Å². The van der Waals surface area contributed by atoms with Crippen molar-refractivity contribution in [2.75, 3.05) is 13.1 Å². The molecule has 0 heterocycles. The van der Waals surface area contributed by atoms with Crippen LogP contribution in [0.3, 0.4) is 0 Å². The first-order valence-electron chi connectivity index (χ1n) is 6.27. The third kappa shape index (κ3) is 6.18. The lowest BCUT2D eigenvalue weighted by molar-refractivity contribution is 0.481. The average Bonchev–Trinajstić information content (AvgIpc) is 2.25. The third-order valence-electron chi connectivity index (χ3n) is 2.77. The molecule has 17 heavy (non-hydrogen) atoms. The molecule has 0 aliphatic heterocycles. The molecule has 0 saturated heterocycles. The lowest BCUT2D eigenvalue weighted by Gasteiger charge is -2.12. The fraction of sp³-hybridized carbons (Fsp3) is 0.571. The van der Waals surface area contributed by atoms with Gasteiger partial charge >= 0.3 is 0 Å². The van der Waals surface area contributed by atoms with E-state index in [1.54, 1.807) is 6.07 Å². The Balaban J connectivity index is 2.34. The van der Waals surface area contributed by atoms with E-state index in [1.165, 1.54) is 12.5 Å². The molecule has 0 aliphatic rings. The lowest BCUT2D eigenvalue weighted by Crippen LogP contribution is -2.22. The number of aryl methyl sites for hydroxylation is 1. The van der Waals surface area contributed by atoms with Crippen molar-refractivity contribution < 1.29 is 4.39 Å². The Bertz CT molecular complexity index is 321. The highest BCUT2D eigenvalue weighted by Gasteiger charge is 2.04. The first-order chi connectivity index (χ1) is 8.11. The van der Waals surface area contributed by atoms with Crippen LogP contribution in [0.5, 0.6) is 0 Å². The molecular weight excluding hydrogens is 281 g/mol. The van der Waals surface area contributed by atoms with Crippen molar-refractivity contribution in [2.45, 2.75) is 33.1 Å². The molecule has 0 bridgehead atoms. The minimum Gasteiger partial charge on any atom is -0.316 e. The van der Waals surface area contributed by atoms with Crippen LogP contribution in [0.1, 0.15) is 32.3 Å². The minimum atomic E-state index is -0.161. The summed E-state index contributed by atoms with van der Waals surface area (Å²) in [4.78, 5) is 0. The molecule has 3 heteroatoms. The molecule has 0 radical (unpaired) electrons. The van der Waals surface area contributed by atoms with E-state index in [-0.39, 0.29) is 5.82 Å². The summed E-state index contributed by atoms with van der Waals surface area (Å²) in [5.74, 6) is 0.467. The van der Waals surface area contributed by atoms with Gasteiger partial charge in [0.2, 0.25) is 0 Å². The zero-order chi connectivity index (χ0) is 12.7. The molecular formula is C14H21BrFN. The largest absolute Gasteiger partial charge is 0.316 e. The second kappa shape index (κ2) is 7.83. The van der Waals surface area contributed by atoms with E-state index in [9.17, 15) is 4.39 Å². The van der Waals surface area contributed by atoms with Crippen LogP contribution in [0.4, 0.5) is 4.39 Å². The van der Waals surface area contributed by atoms with Crippen molar-refractivity contribution in [3.63, 3.8) is 0 Å². The van der Waals surface area contributed by atoms with E-state index < -0.39 is 0 Å². The van der Waals surface area contributed by atoms with Crippen molar-refractivity contribution >= 4 is 15.9 Å². The molecule has 0 saturated carbocycles. The number of hydrogen-bond donors (Lipinski definition) is 1. The van der Waals surface area contributed by atoms with Gasteiger partial charge in [0.25, 0.3) is 0 Å². The predicted molar refractivity (Wildman–Crippen MR) is 74.7 cm³/mol. The second-order valence-corrected chi connectivity index (χ2v) is 5.54. The normalized spacial score (nSPS) is 12.7. The van der Waals surface area contributed by atoms with Crippen molar-refractivity contribution in [3.05, 3.63) is 34.1 Å². The van der Waals surface area contributed by atoms with E-state index in [1.807, 2.05) is 6.07 Å². The van der Waals surface area contributed by atoms with Crippen molar-refractivity contribution in [1.82, 2.24) is 5.32 Å². The molecule has 1 aromatic rings. The predicted octanol–water partition coefficient (Wildman–Crippen LogP) is 4.16. The number of hydrogen-bond acceptors (Lipinski definition) is 1. The Morgan fingerprint density at radius 3 is 2.76 bits per heavy atom. The summed E-state index contributed by atoms with van der Waals surface area (Å²) in [6, 6.07) is 5.11. The van der Waals surface area contributed by atoms with Crippen LogP contribution in [0.15, 0.2) is 22.7 Å². The molecule has 0 spiro atoms. The summed E-state index contributed by atoms with van der Waals surface area (Å²) >= 11 is 3.32. The van der Waals surface area contributed by atoms with Crippen LogP contribution in [0.25, 0.3) is 0 Å². The highest BCUT2D eigenvalue weighted by molar-refractivity contribution is 9.10. The fourth-order valence-corrected chi connectivity index (χ4v) is 2.31. The standard InChI is InChI=1S/C14H21BrFN/c1-3-6-17-10-11(2)4-5-12-7-13(15)9-14(16)8-12/h7-9,11,17H,3-6,10H2,1-2H3. The maximum atomic E-state index is 13.2. The van der Waals surface area contributed by atoms with Crippen LogP contribution in [0, 0.1) is 11.7 Å². The highest BCUT2D eigenvalue weighted by atomic mass is 79.9. The van der Waals surface area contributed by atoms with E-state index in [2.05, 4.69) is 35.1 Å². The molecule has 0 aliphatic carbocycles. The summed E-state index contributed by atoms with van der Waals surface area (Å²) in [7, 11) is 0. The molecule has 0 fully saturated rings. The highest BCUT2D eigenvalue weighted by Crippen LogP contribution is 2.17. The van der Waals surface area contributed by atoms with Gasteiger partial charge in [0.05, 0.1) is 0 Å². The number of nitrogens with one attached hydrogen (secondary N) is 1. The van der Waals surface area contributed by atoms with Crippen LogP contribution in [-0.2, 0) is 6.42 Å². The van der Waals surface area contributed by atoms with Crippen LogP contribution >= 0.6 is 15.9 Å². The molecule has 1 N–H and O–H groups in total.